The Morgan fingerprint density at radius 3 is 2.38 bits per heavy atom. The number of nitrogen functional groups attached to an aromatic ring is 1. The van der Waals surface area contributed by atoms with E-state index in [1.165, 1.54) is 6.07 Å². The van der Waals surface area contributed by atoms with Gasteiger partial charge in [-0.05, 0) is 24.6 Å². The molecule has 0 atom stereocenters. The van der Waals surface area contributed by atoms with Gasteiger partial charge in [0.2, 0.25) is 0 Å². The van der Waals surface area contributed by atoms with E-state index in [-0.39, 0.29) is 16.9 Å². The predicted octanol–water partition coefficient (Wildman–Crippen LogP) is 4.46. The molecule has 0 amide bonds. The van der Waals surface area contributed by atoms with Gasteiger partial charge in [0.1, 0.15) is 29.1 Å². The summed E-state index contributed by atoms with van der Waals surface area (Å²) in [6.45, 7) is 1.74. The molecule has 0 fully saturated rings. The Bertz CT molecular complexity index is 961. The number of nitrogens with zero attached hydrogens (tertiary/aromatic N) is 2. The van der Waals surface area contributed by atoms with E-state index in [0.717, 1.165) is 17.7 Å². The topological polar surface area (TPSA) is 62.7 Å². The molecule has 5 heteroatoms. The van der Waals surface area contributed by atoms with Crippen molar-refractivity contribution >= 4 is 5.82 Å². The summed E-state index contributed by atoms with van der Waals surface area (Å²) in [5, 5.41) is 9.50. The second-order valence-corrected chi connectivity index (χ2v) is 5.31. The van der Waals surface area contributed by atoms with E-state index in [4.69, 9.17) is 5.73 Å². The fraction of sp³-hybridized carbons (Fsp3) is 0.0526. The van der Waals surface area contributed by atoms with Crippen molar-refractivity contribution < 1.29 is 8.78 Å². The first kappa shape index (κ1) is 15.6. The molecule has 0 saturated heterocycles. The molecule has 0 bridgehead atoms. The van der Waals surface area contributed by atoms with Crippen LogP contribution in [0.3, 0.4) is 0 Å². The van der Waals surface area contributed by atoms with Gasteiger partial charge in [-0.15, -0.1) is 0 Å². The van der Waals surface area contributed by atoms with E-state index >= 15 is 0 Å². The second kappa shape index (κ2) is 6.09. The second-order valence-electron chi connectivity index (χ2n) is 5.31. The lowest BCUT2D eigenvalue weighted by atomic mass is 9.90. The molecular formula is C19H13F2N3. The van der Waals surface area contributed by atoms with Gasteiger partial charge < -0.3 is 5.73 Å². The van der Waals surface area contributed by atoms with Crippen molar-refractivity contribution in [3.8, 4) is 28.3 Å². The van der Waals surface area contributed by atoms with Crippen LogP contribution in [-0.4, -0.2) is 4.98 Å². The van der Waals surface area contributed by atoms with E-state index in [1.807, 2.05) is 36.4 Å². The van der Waals surface area contributed by atoms with Gasteiger partial charge in [-0.3, -0.25) is 0 Å². The zero-order chi connectivity index (χ0) is 17.3. The number of hydrogen-bond donors (Lipinski definition) is 1. The SMILES string of the molecule is Cc1nc(N)c(C#N)c(-c2ccc(F)cc2F)c1-c1ccccc1. The third-order valence-corrected chi connectivity index (χ3v) is 3.78. The number of hydrogen-bond acceptors (Lipinski definition) is 3. The first-order valence-electron chi connectivity index (χ1n) is 7.24. The lowest BCUT2D eigenvalue weighted by Crippen LogP contribution is -2.04. The molecule has 0 spiro atoms. The van der Waals surface area contributed by atoms with Gasteiger partial charge in [-0.2, -0.15) is 5.26 Å². The smallest absolute Gasteiger partial charge is 0.142 e. The number of aryl methyl sites for hydroxylation is 1. The molecule has 0 saturated carbocycles. The van der Waals surface area contributed by atoms with Gasteiger partial charge in [0.25, 0.3) is 0 Å². The number of pyridine rings is 1. The fourth-order valence-corrected chi connectivity index (χ4v) is 2.76. The molecule has 0 radical (unpaired) electrons. The molecule has 3 rings (SSSR count). The highest BCUT2D eigenvalue weighted by atomic mass is 19.1. The summed E-state index contributed by atoms with van der Waals surface area (Å²) in [7, 11) is 0. The van der Waals surface area contributed by atoms with Gasteiger partial charge >= 0.3 is 0 Å². The van der Waals surface area contributed by atoms with Crippen LogP contribution in [0.25, 0.3) is 22.3 Å². The molecule has 0 aliphatic heterocycles. The number of anilines is 1. The number of nitriles is 1. The van der Waals surface area contributed by atoms with Crippen molar-refractivity contribution in [3.63, 3.8) is 0 Å². The molecule has 2 N–H and O–H groups in total. The summed E-state index contributed by atoms with van der Waals surface area (Å²) in [6, 6.07) is 14.5. The lowest BCUT2D eigenvalue weighted by Gasteiger charge is -2.16. The first-order valence-corrected chi connectivity index (χ1v) is 7.24. The van der Waals surface area contributed by atoms with Gasteiger partial charge in [0, 0.05) is 28.5 Å². The van der Waals surface area contributed by atoms with Gasteiger partial charge in [-0.25, -0.2) is 13.8 Å². The van der Waals surface area contributed by atoms with Crippen LogP contribution in [0.1, 0.15) is 11.3 Å². The maximum absolute atomic E-state index is 14.4. The molecule has 0 unspecified atom stereocenters. The number of aromatic nitrogens is 1. The molecule has 1 heterocycles. The number of rotatable bonds is 2. The average Bonchev–Trinajstić information content (AvgIpc) is 2.55. The molecule has 2 aromatic carbocycles. The highest BCUT2D eigenvalue weighted by molar-refractivity contribution is 5.91. The van der Waals surface area contributed by atoms with E-state index in [9.17, 15) is 14.0 Å². The van der Waals surface area contributed by atoms with E-state index in [0.29, 0.717) is 16.8 Å². The summed E-state index contributed by atoms with van der Waals surface area (Å²) < 4.78 is 27.7. The van der Waals surface area contributed by atoms with Crippen LogP contribution in [0, 0.1) is 29.9 Å². The minimum atomic E-state index is -0.756. The van der Waals surface area contributed by atoms with Gasteiger partial charge in [0.15, 0.2) is 0 Å². The molecule has 1 aromatic heterocycles. The van der Waals surface area contributed by atoms with Crippen molar-refractivity contribution in [3.05, 3.63) is 71.4 Å². The van der Waals surface area contributed by atoms with Crippen LogP contribution >= 0.6 is 0 Å². The molecule has 3 nitrogen and oxygen atoms in total. The summed E-state index contributed by atoms with van der Waals surface area (Å²) in [5.74, 6) is -1.42. The number of benzene rings is 2. The molecule has 3 aromatic rings. The van der Waals surface area contributed by atoms with Crippen LogP contribution in [0.4, 0.5) is 14.6 Å². The quantitative estimate of drug-likeness (QED) is 0.758. The number of halogens is 2. The highest BCUT2D eigenvalue weighted by Crippen LogP contribution is 2.39. The maximum atomic E-state index is 14.4. The summed E-state index contributed by atoms with van der Waals surface area (Å²) >= 11 is 0. The zero-order valence-corrected chi connectivity index (χ0v) is 12.8. The molecule has 0 aliphatic carbocycles. The van der Waals surface area contributed by atoms with Crippen LogP contribution in [-0.2, 0) is 0 Å². The Morgan fingerprint density at radius 1 is 1.04 bits per heavy atom. The van der Waals surface area contributed by atoms with Gasteiger partial charge in [-0.1, -0.05) is 30.3 Å². The normalized spacial score (nSPS) is 10.4. The van der Waals surface area contributed by atoms with E-state index < -0.39 is 11.6 Å². The Kier molecular flexibility index (Phi) is 3.97. The van der Waals surface area contributed by atoms with Crippen LogP contribution in [0.15, 0.2) is 48.5 Å². The Morgan fingerprint density at radius 2 is 1.75 bits per heavy atom. The minimum Gasteiger partial charge on any atom is -0.383 e. The monoisotopic (exact) mass is 321 g/mol. The Labute approximate surface area is 138 Å². The number of nitrogens with two attached hydrogens (primary N) is 1. The fourth-order valence-electron chi connectivity index (χ4n) is 2.76. The largest absolute Gasteiger partial charge is 0.383 e. The van der Waals surface area contributed by atoms with Crippen molar-refractivity contribution in [1.82, 2.24) is 4.98 Å². The Balaban J connectivity index is 2.45. The predicted molar refractivity (Wildman–Crippen MR) is 88.9 cm³/mol. The average molecular weight is 321 g/mol. The maximum Gasteiger partial charge on any atom is 0.142 e. The standard InChI is InChI=1S/C19H13F2N3/c1-11-17(12-5-3-2-4-6-12)18(15(10-22)19(23)24-11)14-8-7-13(20)9-16(14)21/h2-9H,1H3,(H2,23,24). The first-order chi connectivity index (χ1) is 11.5. The van der Waals surface area contributed by atoms with Crippen molar-refractivity contribution in [2.75, 3.05) is 5.73 Å². The third-order valence-electron chi connectivity index (χ3n) is 3.78. The van der Waals surface area contributed by atoms with Crippen molar-refractivity contribution in [2.24, 2.45) is 0 Å². The molecule has 0 aliphatic rings. The zero-order valence-electron chi connectivity index (χ0n) is 12.8. The summed E-state index contributed by atoms with van der Waals surface area (Å²) in [5.41, 5.74) is 8.33. The van der Waals surface area contributed by atoms with Crippen molar-refractivity contribution in [1.29, 1.82) is 5.26 Å². The van der Waals surface area contributed by atoms with E-state index in [1.54, 1.807) is 6.92 Å². The molecular weight excluding hydrogens is 308 g/mol. The van der Waals surface area contributed by atoms with Gasteiger partial charge in [0.05, 0.1) is 0 Å². The van der Waals surface area contributed by atoms with Crippen LogP contribution in [0.5, 0.6) is 0 Å². The molecule has 24 heavy (non-hydrogen) atoms. The summed E-state index contributed by atoms with van der Waals surface area (Å²) in [6.07, 6.45) is 0. The molecule has 118 valence electrons. The lowest BCUT2D eigenvalue weighted by molar-refractivity contribution is 0.585. The van der Waals surface area contributed by atoms with Crippen molar-refractivity contribution in [2.45, 2.75) is 6.92 Å². The summed E-state index contributed by atoms with van der Waals surface area (Å²) in [4.78, 5) is 4.21. The van der Waals surface area contributed by atoms with E-state index in [2.05, 4.69) is 4.98 Å². The minimum absolute atomic E-state index is 0.0217. The highest BCUT2D eigenvalue weighted by Gasteiger charge is 2.21. The Hall–Kier alpha value is -3.26. The third kappa shape index (κ3) is 2.59. The van der Waals surface area contributed by atoms with Crippen LogP contribution in [0.2, 0.25) is 0 Å². The van der Waals surface area contributed by atoms with Crippen LogP contribution < -0.4 is 5.73 Å².